The molecule has 1 atom stereocenters. The predicted octanol–water partition coefficient (Wildman–Crippen LogP) is 0.796. The maximum atomic E-state index is 11.8. The first kappa shape index (κ1) is 13.3. The number of rotatable bonds is 6. The highest BCUT2D eigenvalue weighted by Gasteiger charge is 2.13. The van der Waals surface area contributed by atoms with Crippen molar-refractivity contribution in [3.8, 4) is 0 Å². The van der Waals surface area contributed by atoms with Crippen molar-refractivity contribution in [1.82, 2.24) is 20.3 Å². The second-order valence-electron chi connectivity index (χ2n) is 4.26. The number of carbonyl (C=O) groups excluding carboxylic acids is 1. The average molecular weight is 263 g/mol. The molecule has 0 spiro atoms. The number of amides is 1. The first-order valence-corrected chi connectivity index (χ1v) is 6.10. The lowest BCUT2D eigenvalue weighted by molar-refractivity contribution is -0.117. The molecule has 0 unspecified atom stereocenters. The third-order valence-electron chi connectivity index (χ3n) is 2.62. The maximum Gasteiger partial charge on any atom is 0.242 e. The Bertz CT molecular complexity index is 520. The van der Waals surface area contributed by atoms with E-state index in [1.807, 2.05) is 12.3 Å². The standard InChI is InChI=1S/C12H17N5O2/c1-9-8-11(16-19-9)15-12(18)10(2)13-5-7-17-6-3-4-14-17/h3-4,6,8,10,13H,5,7H2,1-2H3,(H,15,16,18)/t10-/m1/s1. The van der Waals surface area contributed by atoms with Crippen molar-refractivity contribution >= 4 is 11.7 Å². The fourth-order valence-electron chi connectivity index (χ4n) is 1.58. The van der Waals surface area contributed by atoms with E-state index in [0.717, 1.165) is 0 Å². The van der Waals surface area contributed by atoms with Crippen molar-refractivity contribution in [1.29, 1.82) is 0 Å². The van der Waals surface area contributed by atoms with Crippen LogP contribution in [0.3, 0.4) is 0 Å². The van der Waals surface area contributed by atoms with Crippen LogP contribution in [0.15, 0.2) is 29.0 Å². The van der Waals surface area contributed by atoms with E-state index in [0.29, 0.717) is 24.7 Å². The van der Waals surface area contributed by atoms with E-state index in [1.54, 1.807) is 30.8 Å². The molecule has 2 N–H and O–H groups in total. The molecule has 2 rings (SSSR count). The number of carbonyl (C=O) groups is 1. The van der Waals surface area contributed by atoms with Gasteiger partial charge < -0.3 is 15.2 Å². The molecule has 0 radical (unpaired) electrons. The monoisotopic (exact) mass is 263 g/mol. The van der Waals surface area contributed by atoms with Gasteiger partial charge in [0.05, 0.1) is 12.6 Å². The average Bonchev–Trinajstić information content (AvgIpc) is 3.01. The van der Waals surface area contributed by atoms with Crippen molar-refractivity contribution < 1.29 is 9.32 Å². The Morgan fingerprint density at radius 2 is 2.42 bits per heavy atom. The van der Waals surface area contributed by atoms with Crippen LogP contribution in [0.2, 0.25) is 0 Å². The van der Waals surface area contributed by atoms with Crippen LogP contribution in [0.5, 0.6) is 0 Å². The van der Waals surface area contributed by atoms with Gasteiger partial charge in [-0.15, -0.1) is 0 Å². The lowest BCUT2D eigenvalue weighted by Gasteiger charge is -2.12. The van der Waals surface area contributed by atoms with Crippen LogP contribution in [0.1, 0.15) is 12.7 Å². The summed E-state index contributed by atoms with van der Waals surface area (Å²) in [6.07, 6.45) is 3.60. The molecule has 102 valence electrons. The Kier molecular flexibility index (Phi) is 4.30. The lowest BCUT2D eigenvalue weighted by Crippen LogP contribution is -2.39. The van der Waals surface area contributed by atoms with Gasteiger partial charge >= 0.3 is 0 Å². The maximum absolute atomic E-state index is 11.8. The second-order valence-corrected chi connectivity index (χ2v) is 4.26. The molecule has 2 aromatic heterocycles. The third-order valence-corrected chi connectivity index (χ3v) is 2.62. The van der Waals surface area contributed by atoms with E-state index < -0.39 is 0 Å². The summed E-state index contributed by atoms with van der Waals surface area (Å²) in [6, 6.07) is 3.23. The molecular formula is C12H17N5O2. The van der Waals surface area contributed by atoms with Crippen LogP contribution in [-0.4, -0.2) is 33.4 Å². The van der Waals surface area contributed by atoms with Crippen molar-refractivity contribution in [2.45, 2.75) is 26.4 Å². The van der Waals surface area contributed by atoms with E-state index in [-0.39, 0.29) is 11.9 Å². The topological polar surface area (TPSA) is 85.0 Å². The van der Waals surface area contributed by atoms with Crippen molar-refractivity contribution in [2.24, 2.45) is 0 Å². The van der Waals surface area contributed by atoms with Crippen molar-refractivity contribution in [2.75, 3.05) is 11.9 Å². The highest BCUT2D eigenvalue weighted by atomic mass is 16.5. The summed E-state index contributed by atoms with van der Waals surface area (Å²) in [6.45, 7) is 4.95. The number of aromatic nitrogens is 3. The van der Waals surface area contributed by atoms with E-state index >= 15 is 0 Å². The van der Waals surface area contributed by atoms with Crippen molar-refractivity contribution in [3.63, 3.8) is 0 Å². The number of hydrogen-bond acceptors (Lipinski definition) is 5. The van der Waals surface area contributed by atoms with E-state index in [4.69, 9.17) is 4.52 Å². The predicted molar refractivity (Wildman–Crippen MR) is 69.6 cm³/mol. The van der Waals surface area contributed by atoms with Crippen LogP contribution in [0.25, 0.3) is 0 Å². The highest BCUT2D eigenvalue weighted by Crippen LogP contribution is 2.07. The Labute approximate surface area is 111 Å². The molecule has 1 amide bonds. The molecular weight excluding hydrogens is 246 g/mol. The molecule has 0 aromatic carbocycles. The zero-order valence-electron chi connectivity index (χ0n) is 11.0. The van der Waals surface area contributed by atoms with Crippen molar-refractivity contribution in [3.05, 3.63) is 30.3 Å². The summed E-state index contributed by atoms with van der Waals surface area (Å²) < 4.78 is 6.68. The fraction of sp³-hybridized carbons (Fsp3) is 0.417. The van der Waals surface area contributed by atoms with Gasteiger partial charge in [0.15, 0.2) is 5.82 Å². The van der Waals surface area contributed by atoms with Crippen LogP contribution in [0.4, 0.5) is 5.82 Å². The fourth-order valence-corrected chi connectivity index (χ4v) is 1.58. The van der Waals surface area contributed by atoms with Gasteiger partial charge in [-0.25, -0.2) is 0 Å². The van der Waals surface area contributed by atoms with Gasteiger partial charge in [0.2, 0.25) is 5.91 Å². The molecule has 0 aliphatic rings. The summed E-state index contributed by atoms with van der Waals surface area (Å²) in [4.78, 5) is 11.8. The molecule has 0 bridgehead atoms. The lowest BCUT2D eigenvalue weighted by atomic mass is 10.3. The molecule has 0 saturated heterocycles. The Morgan fingerprint density at radius 1 is 1.58 bits per heavy atom. The summed E-state index contributed by atoms with van der Waals surface area (Å²) in [5.41, 5.74) is 0. The molecule has 7 nitrogen and oxygen atoms in total. The zero-order chi connectivity index (χ0) is 13.7. The second kappa shape index (κ2) is 6.14. The van der Waals surface area contributed by atoms with E-state index in [2.05, 4.69) is 20.9 Å². The van der Waals surface area contributed by atoms with Crippen LogP contribution in [0, 0.1) is 6.92 Å². The normalized spacial score (nSPS) is 12.3. The third kappa shape index (κ3) is 3.92. The van der Waals surface area contributed by atoms with Gasteiger partial charge in [0.25, 0.3) is 0 Å². The first-order chi connectivity index (χ1) is 9.15. The molecule has 2 aromatic rings. The number of hydrogen-bond donors (Lipinski definition) is 2. The summed E-state index contributed by atoms with van der Waals surface area (Å²) >= 11 is 0. The van der Waals surface area contributed by atoms with Gasteiger partial charge in [-0.1, -0.05) is 5.16 Å². The zero-order valence-corrected chi connectivity index (χ0v) is 11.0. The summed E-state index contributed by atoms with van der Waals surface area (Å²) in [5.74, 6) is 0.951. The van der Waals surface area contributed by atoms with Gasteiger partial charge in [-0.2, -0.15) is 5.10 Å². The highest BCUT2D eigenvalue weighted by molar-refractivity contribution is 5.93. The largest absolute Gasteiger partial charge is 0.360 e. The van der Waals surface area contributed by atoms with Crippen LogP contribution >= 0.6 is 0 Å². The molecule has 19 heavy (non-hydrogen) atoms. The quantitative estimate of drug-likeness (QED) is 0.805. The Morgan fingerprint density at radius 3 is 3.05 bits per heavy atom. The molecule has 7 heteroatoms. The molecule has 0 aliphatic carbocycles. The van der Waals surface area contributed by atoms with Gasteiger partial charge in [0, 0.05) is 25.0 Å². The molecule has 2 heterocycles. The minimum atomic E-state index is -0.312. The Balaban J connectivity index is 1.73. The van der Waals surface area contributed by atoms with E-state index in [1.165, 1.54) is 0 Å². The van der Waals surface area contributed by atoms with Crippen LogP contribution in [-0.2, 0) is 11.3 Å². The Hall–Kier alpha value is -2.15. The molecule has 0 fully saturated rings. The van der Waals surface area contributed by atoms with Gasteiger partial charge in [-0.05, 0) is 19.9 Å². The number of anilines is 1. The summed E-state index contributed by atoms with van der Waals surface area (Å²) in [7, 11) is 0. The molecule has 0 aliphatic heterocycles. The minimum absolute atomic E-state index is 0.145. The molecule has 0 saturated carbocycles. The number of nitrogens with zero attached hydrogens (tertiary/aromatic N) is 3. The summed E-state index contributed by atoms with van der Waals surface area (Å²) in [5, 5.41) is 13.6. The SMILES string of the molecule is Cc1cc(NC(=O)[C@@H](C)NCCn2cccn2)no1. The minimum Gasteiger partial charge on any atom is -0.360 e. The first-order valence-electron chi connectivity index (χ1n) is 6.10. The number of aryl methyl sites for hydroxylation is 1. The number of nitrogens with one attached hydrogen (secondary N) is 2. The van der Waals surface area contributed by atoms with Crippen LogP contribution < -0.4 is 10.6 Å². The van der Waals surface area contributed by atoms with E-state index in [9.17, 15) is 4.79 Å². The van der Waals surface area contributed by atoms with Gasteiger partial charge in [0.1, 0.15) is 5.76 Å². The van der Waals surface area contributed by atoms with Gasteiger partial charge in [-0.3, -0.25) is 9.48 Å². The smallest absolute Gasteiger partial charge is 0.242 e.